The molecule has 2 heterocycles. The van der Waals surface area contributed by atoms with Gasteiger partial charge in [-0.25, -0.2) is 13.4 Å². The van der Waals surface area contributed by atoms with Crippen LogP contribution in [0.2, 0.25) is 0 Å². The van der Waals surface area contributed by atoms with Gasteiger partial charge in [-0.15, -0.1) is 0 Å². The largest absolute Gasteiger partial charge is 0.490 e. The van der Waals surface area contributed by atoms with E-state index in [4.69, 9.17) is 4.74 Å². The Bertz CT molecular complexity index is 1140. The van der Waals surface area contributed by atoms with Gasteiger partial charge < -0.3 is 14.5 Å². The molecular weight excluding hydrogens is 471 g/mol. The molecule has 34 heavy (non-hydrogen) atoms. The van der Waals surface area contributed by atoms with E-state index in [9.17, 15) is 26.4 Å². The normalized spacial score (nSPS) is 17.8. The molecule has 0 spiro atoms. The summed E-state index contributed by atoms with van der Waals surface area (Å²) in [7, 11) is -3.51. The van der Waals surface area contributed by atoms with Crippen LogP contribution in [0.1, 0.15) is 41.7 Å². The summed E-state index contributed by atoms with van der Waals surface area (Å²) in [6.07, 6.45) is 1.66. The zero-order valence-electron chi connectivity index (χ0n) is 18.7. The first-order valence-corrected chi connectivity index (χ1v) is 13.0. The first-order valence-electron chi connectivity index (χ1n) is 11.1. The third-order valence-electron chi connectivity index (χ3n) is 6.18. The molecule has 4 rings (SSSR count). The van der Waals surface area contributed by atoms with E-state index in [0.717, 1.165) is 38.0 Å². The fraction of sp³-hybridized carbons (Fsp3) is 0.478. The number of aromatic nitrogens is 1. The Kier molecular flexibility index (Phi) is 6.75. The first-order chi connectivity index (χ1) is 16.0. The van der Waals surface area contributed by atoms with E-state index in [1.54, 1.807) is 11.0 Å². The van der Waals surface area contributed by atoms with Crippen molar-refractivity contribution in [3.05, 3.63) is 47.8 Å². The van der Waals surface area contributed by atoms with Crippen LogP contribution in [-0.4, -0.2) is 62.7 Å². The summed E-state index contributed by atoms with van der Waals surface area (Å²) in [5.41, 5.74) is -0.200. The van der Waals surface area contributed by atoms with Crippen molar-refractivity contribution in [3.63, 3.8) is 0 Å². The summed E-state index contributed by atoms with van der Waals surface area (Å²) < 4.78 is 68.5. The molecule has 0 radical (unpaired) electrons. The lowest BCUT2D eigenvalue weighted by Gasteiger charge is -2.36. The Morgan fingerprint density at radius 1 is 1.06 bits per heavy atom. The minimum atomic E-state index is -4.50. The third-order valence-corrected chi connectivity index (χ3v) is 7.29. The highest BCUT2D eigenvalue weighted by molar-refractivity contribution is 7.90. The van der Waals surface area contributed by atoms with Crippen molar-refractivity contribution in [1.29, 1.82) is 0 Å². The fourth-order valence-electron chi connectivity index (χ4n) is 4.27. The number of alkyl halides is 3. The van der Waals surface area contributed by atoms with Gasteiger partial charge in [-0.2, -0.15) is 13.2 Å². The number of pyridine rings is 1. The van der Waals surface area contributed by atoms with Crippen LogP contribution in [-0.2, 0) is 16.0 Å². The number of ether oxygens (including phenoxy) is 1. The molecule has 1 saturated heterocycles. The Morgan fingerprint density at radius 2 is 1.74 bits per heavy atom. The number of halogens is 3. The molecule has 1 saturated carbocycles. The lowest BCUT2D eigenvalue weighted by Crippen LogP contribution is -2.49. The van der Waals surface area contributed by atoms with Crippen LogP contribution >= 0.6 is 0 Å². The van der Waals surface area contributed by atoms with Crippen LogP contribution < -0.4 is 9.64 Å². The van der Waals surface area contributed by atoms with Crippen molar-refractivity contribution in [2.45, 2.75) is 42.9 Å². The quantitative estimate of drug-likeness (QED) is 0.626. The maximum Gasteiger partial charge on any atom is 0.433 e. The van der Waals surface area contributed by atoms with Gasteiger partial charge in [-0.05, 0) is 56.0 Å². The molecule has 1 aliphatic carbocycles. The number of hydrogen-bond acceptors (Lipinski definition) is 6. The van der Waals surface area contributed by atoms with Crippen LogP contribution in [0.25, 0.3) is 0 Å². The summed E-state index contributed by atoms with van der Waals surface area (Å²) >= 11 is 0. The molecule has 7 nitrogen and oxygen atoms in total. The maximum atomic E-state index is 13.4. The second-order valence-corrected chi connectivity index (χ2v) is 10.6. The molecule has 0 unspecified atom stereocenters. The van der Waals surface area contributed by atoms with Crippen molar-refractivity contribution in [3.8, 4) is 5.75 Å². The van der Waals surface area contributed by atoms with Crippen molar-refractivity contribution in [1.82, 2.24) is 9.88 Å². The number of anilines is 1. The number of carbonyl (C=O) groups excluding carboxylic acids is 1. The molecule has 2 aromatic rings. The lowest BCUT2D eigenvalue weighted by atomic mass is 10.1. The number of sulfone groups is 1. The van der Waals surface area contributed by atoms with Crippen LogP contribution in [0.4, 0.5) is 18.9 Å². The number of amides is 1. The summed E-state index contributed by atoms with van der Waals surface area (Å²) in [6.45, 7) is 1.46. The average molecular weight is 498 g/mol. The van der Waals surface area contributed by atoms with Gasteiger partial charge in [0.05, 0.1) is 28.4 Å². The number of benzene rings is 1. The zero-order valence-corrected chi connectivity index (χ0v) is 19.5. The fourth-order valence-corrected chi connectivity index (χ4v) is 4.92. The van der Waals surface area contributed by atoms with Crippen LogP contribution in [0.3, 0.4) is 0 Å². The highest BCUT2D eigenvalue weighted by atomic mass is 32.2. The molecule has 1 aromatic carbocycles. The van der Waals surface area contributed by atoms with Crippen molar-refractivity contribution in [2.24, 2.45) is 0 Å². The van der Waals surface area contributed by atoms with Crippen molar-refractivity contribution >= 4 is 21.4 Å². The number of carbonyl (C=O) groups is 1. The van der Waals surface area contributed by atoms with E-state index in [2.05, 4.69) is 4.98 Å². The highest BCUT2D eigenvalue weighted by Crippen LogP contribution is 2.31. The van der Waals surface area contributed by atoms with E-state index in [-0.39, 0.29) is 22.5 Å². The van der Waals surface area contributed by atoms with Crippen molar-refractivity contribution < 1.29 is 31.1 Å². The molecule has 1 aliphatic heterocycles. The number of hydrogen-bond donors (Lipinski definition) is 0. The van der Waals surface area contributed by atoms with Crippen LogP contribution in [0.5, 0.6) is 5.75 Å². The van der Waals surface area contributed by atoms with Crippen LogP contribution in [0, 0.1) is 0 Å². The van der Waals surface area contributed by atoms with Gasteiger partial charge in [0.25, 0.3) is 5.91 Å². The maximum absolute atomic E-state index is 13.4. The van der Waals surface area contributed by atoms with Crippen molar-refractivity contribution in [2.75, 3.05) is 37.3 Å². The minimum absolute atomic E-state index is 0.000323. The smallest absolute Gasteiger partial charge is 0.433 e. The molecule has 1 amide bonds. The Morgan fingerprint density at radius 3 is 2.29 bits per heavy atom. The minimum Gasteiger partial charge on any atom is -0.490 e. The molecule has 0 N–H and O–H groups in total. The van der Waals surface area contributed by atoms with Gasteiger partial charge in [0.2, 0.25) is 0 Å². The van der Waals surface area contributed by atoms with Gasteiger partial charge in [-0.1, -0.05) is 0 Å². The van der Waals surface area contributed by atoms with Gasteiger partial charge in [0.15, 0.2) is 9.84 Å². The molecule has 184 valence electrons. The second-order valence-electron chi connectivity index (χ2n) is 8.63. The number of piperazine rings is 1. The summed E-state index contributed by atoms with van der Waals surface area (Å²) in [6, 6.07) is 6.68. The van der Waals surface area contributed by atoms with E-state index < -0.39 is 21.7 Å². The topological polar surface area (TPSA) is 79.8 Å². The molecule has 0 bridgehead atoms. The SMILES string of the molecule is CS(=O)(=O)c1ccc(OC2CCCC2)c(C(=O)N2CCN(c3ccc(C(F)(F)F)nc3)CC2)c1. The van der Waals surface area contributed by atoms with Crippen LogP contribution in [0.15, 0.2) is 41.4 Å². The monoisotopic (exact) mass is 497 g/mol. The molecule has 0 atom stereocenters. The molecule has 2 fully saturated rings. The Labute approximate surface area is 196 Å². The van der Waals surface area contributed by atoms with Gasteiger partial charge in [-0.3, -0.25) is 4.79 Å². The molecule has 11 heteroatoms. The number of nitrogens with zero attached hydrogens (tertiary/aromatic N) is 3. The second kappa shape index (κ2) is 9.44. The van der Waals surface area contributed by atoms with Gasteiger partial charge in [0.1, 0.15) is 11.4 Å². The predicted octanol–water partition coefficient (Wildman–Crippen LogP) is 3.79. The Balaban J connectivity index is 1.49. The molecule has 1 aromatic heterocycles. The molecule has 2 aliphatic rings. The standard InChI is InChI=1S/C23H26F3N3O4S/c1-34(31,32)18-7-8-20(33-17-4-2-3-5-17)19(14-18)22(30)29-12-10-28(11-13-29)16-6-9-21(27-15-16)23(24,25)26/h6-9,14-15,17H,2-5,10-13H2,1H3. The summed E-state index contributed by atoms with van der Waals surface area (Å²) in [5, 5.41) is 0. The van der Waals surface area contributed by atoms with Gasteiger partial charge in [0, 0.05) is 32.4 Å². The van der Waals surface area contributed by atoms with Gasteiger partial charge >= 0.3 is 6.18 Å². The summed E-state index contributed by atoms with van der Waals surface area (Å²) in [5.74, 6) is 0.0439. The highest BCUT2D eigenvalue weighted by Gasteiger charge is 2.33. The zero-order chi connectivity index (χ0) is 24.5. The van der Waals surface area contributed by atoms with E-state index in [0.29, 0.717) is 37.6 Å². The number of rotatable bonds is 5. The molecular formula is C23H26F3N3O4S. The van der Waals surface area contributed by atoms with E-state index >= 15 is 0 Å². The average Bonchev–Trinajstić information content (AvgIpc) is 3.31. The summed E-state index contributed by atoms with van der Waals surface area (Å²) in [4.78, 5) is 20.4. The Hall–Kier alpha value is -2.82. The van der Waals surface area contributed by atoms with E-state index in [1.165, 1.54) is 24.4 Å². The first kappa shape index (κ1) is 24.3. The predicted molar refractivity (Wildman–Crippen MR) is 120 cm³/mol. The van der Waals surface area contributed by atoms with E-state index in [1.807, 2.05) is 4.90 Å². The lowest BCUT2D eigenvalue weighted by molar-refractivity contribution is -0.141. The third kappa shape index (κ3) is 5.45.